The SMILES string of the molecule is CN1CCN(S(=O)(=O)c2ccc(-n3c(C(=O)[O-])cc4cc(-c5ccc(C(C)(C)C)cc5)ccc43)cc2)CC1.[Na+]. The van der Waals surface area contributed by atoms with Crippen molar-refractivity contribution in [3.05, 3.63) is 84.1 Å². The second-order valence-corrected chi connectivity index (χ2v) is 12.9. The first-order valence-electron chi connectivity index (χ1n) is 12.7. The molecule has 1 aliphatic rings. The van der Waals surface area contributed by atoms with Crippen LogP contribution in [0.1, 0.15) is 36.8 Å². The summed E-state index contributed by atoms with van der Waals surface area (Å²) in [4.78, 5) is 14.4. The molecule has 0 spiro atoms. The van der Waals surface area contributed by atoms with E-state index in [2.05, 4.69) is 49.9 Å². The van der Waals surface area contributed by atoms with Gasteiger partial charge < -0.3 is 19.4 Å². The van der Waals surface area contributed by atoms with Crippen molar-refractivity contribution >= 4 is 26.9 Å². The average molecular weight is 554 g/mol. The average Bonchev–Trinajstić information content (AvgIpc) is 3.28. The van der Waals surface area contributed by atoms with Gasteiger partial charge in [0.1, 0.15) is 0 Å². The summed E-state index contributed by atoms with van der Waals surface area (Å²) in [6.45, 7) is 8.78. The molecule has 1 saturated heterocycles. The van der Waals surface area contributed by atoms with Crippen molar-refractivity contribution < 1.29 is 47.9 Å². The number of hydrogen-bond donors (Lipinski definition) is 0. The number of carboxylic acid groups (broad SMARTS) is 1. The summed E-state index contributed by atoms with van der Waals surface area (Å²) in [5.74, 6) is -1.30. The first kappa shape index (κ1) is 29.5. The number of benzene rings is 3. The topological polar surface area (TPSA) is 85.7 Å². The first-order chi connectivity index (χ1) is 17.9. The van der Waals surface area contributed by atoms with Crippen molar-refractivity contribution in [1.29, 1.82) is 0 Å². The summed E-state index contributed by atoms with van der Waals surface area (Å²) in [7, 11) is -1.65. The number of hydrogen-bond acceptors (Lipinski definition) is 5. The van der Waals surface area contributed by atoms with Gasteiger partial charge in [0.15, 0.2) is 0 Å². The molecule has 0 aliphatic carbocycles. The number of carbonyl (C=O) groups is 1. The Bertz CT molecular complexity index is 1600. The summed E-state index contributed by atoms with van der Waals surface area (Å²) in [5, 5.41) is 12.8. The van der Waals surface area contributed by atoms with E-state index in [1.165, 1.54) is 9.87 Å². The van der Waals surface area contributed by atoms with Crippen molar-refractivity contribution in [2.75, 3.05) is 33.2 Å². The third-order valence-corrected chi connectivity index (χ3v) is 9.20. The zero-order valence-corrected chi connectivity index (χ0v) is 26.0. The molecule has 198 valence electrons. The summed E-state index contributed by atoms with van der Waals surface area (Å²) in [6.07, 6.45) is 0. The van der Waals surface area contributed by atoms with Crippen LogP contribution in [0.5, 0.6) is 0 Å². The van der Waals surface area contributed by atoms with E-state index in [4.69, 9.17) is 0 Å². The normalized spacial score (nSPS) is 15.3. The van der Waals surface area contributed by atoms with Crippen molar-refractivity contribution in [3.63, 3.8) is 0 Å². The molecule has 0 unspecified atom stereocenters. The van der Waals surface area contributed by atoms with Crippen LogP contribution in [0.25, 0.3) is 27.7 Å². The Balaban J connectivity index is 0.00000353. The fraction of sp³-hybridized carbons (Fsp3) is 0.300. The molecule has 9 heteroatoms. The van der Waals surface area contributed by atoms with E-state index < -0.39 is 16.0 Å². The van der Waals surface area contributed by atoms with Gasteiger partial charge in [0.25, 0.3) is 0 Å². The summed E-state index contributed by atoms with van der Waals surface area (Å²) < 4.78 is 29.3. The Morgan fingerprint density at radius 3 is 1.97 bits per heavy atom. The molecule has 3 aromatic carbocycles. The van der Waals surface area contributed by atoms with Crippen LogP contribution in [0.15, 0.2) is 77.7 Å². The molecule has 39 heavy (non-hydrogen) atoms. The van der Waals surface area contributed by atoms with Gasteiger partial charge in [-0.3, -0.25) is 0 Å². The molecular weight excluding hydrogens is 521 g/mol. The Morgan fingerprint density at radius 1 is 0.821 bits per heavy atom. The number of rotatable bonds is 5. The zero-order chi connectivity index (χ0) is 27.2. The van der Waals surface area contributed by atoms with Gasteiger partial charge in [-0.05, 0) is 71.6 Å². The number of sulfonamides is 1. The molecule has 1 aromatic heterocycles. The van der Waals surface area contributed by atoms with Crippen molar-refractivity contribution in [1.82, 2.24) is 13.8 Å². The van der Waals surface area contributed by atoms with Crippen LogP contribution in [0.4, 0.5) is 0 Å². The van der Waals surface area contributed by atoms with Gasteiger partial charge in [0.05, 0.1) is 22.1 Å². The molecule has 0 atom stereocenters. The van der Waals surface area contributed by atoms with E-state index in [0.29, 0.717) is 37.4 Å². The Morgan fingerprint density at radius 2 is 1.41 bits per heavy atom. The Kier molecular flexibility index (Phi) is 8.47. The minimum Gasteiger partial charge on any atom is -0.543 e. The quantitative estimate of drug-likeness (QED) is 0.343. The van der Waals surface area contributed by atoms with Gasteiger partial charge in [-0.2, -0.15) is 4.31 Å². The fourth-order valence-electron chi connectivity index (χ4n) is 4.93. The van der Waals surface area contributed by atoms with Crippen molar-refractivity contribution in [3.8, 4) is 16.8 Å². The van der Waals surface area contributed by atoms with E-state index in [1.807, 2.05) is 25.2 Å². The zero-order valence-electron chi connectivity index (χ0n) is 23.1. The van der Waals surface area contributed by atoms with E-state index in [1.54, 1.807) is 34.9 Å². The van der Waals surface area contributed by atoms with Crippen molar-refractivity contribution in [2.45, 2.75) is 31.1 Å². The molecule has 7 nitrogen and oxygen atoms in total. The second-order valence-electron chi connectivity index (χ2n) is 11.0. The number of piperazine rings is 1. The standard InChI is InChI=1S/C30H33N3O4S.Na/c1-30(2,3)24-8-5-21(6-9-24)22-7-14-27-23(19-22)20-28(29(34)35)33(27)25-10-12-26(13-11-25)38(36,37)32-17-15-31(4)16-18-32;/h5-14,19-20H,15-18H2,1-4H3,(H,34,35);/q;+1/p-1. The summed E-state index contributed by atoms with van der Waals surface area (Å²) >= 11 is 0. The van der Waals surface area contributed by atoms with Crippen LogP contribution < -0.4 is 34.7 Å². The maximum absolute atomic E-state index is 13.1. The fourth-order valence-corrected chi connectivity index (χ4v) is 6.35. The third-order valence-electron chi connectivity index (χ3n) is 7.29. The molecule has 1 fully saturated rings. The Labute approximate surface area is 252 Å². The molecule has 0 bridgehead atoms. The predicted molar refractivity (Wildman–Crippen MR) is 148 cm³/mol. The molecule has 2 heterocycles. The van der Waals surface area contributed by atoms with Crippen LogP contribution >= 0.6 is 0 Å². The van der Waals surface area contributed by atoms with Crippen LogP contribution in [0.2, 0.25) is 0 Å². The first-order valence-corrected chi connectivity index (χ1v) is 14.2. The number of fused-ring (bicyclic) bond motifs is 1. The maximum Gasteiger partial charge on any atom is 1.00 e. The van der Waals surface area contributed by atoms with E-state index >= 15 is 0 Å². The minimum atomic E-state index is -3.62. The van der Waals surface area contributed by atoms with Crippen LogP contribution in [-0.2, 0) is 15.4 Å². The molecule has 0 radical (unpaired) electrons. The molecule has 5 rings (SSSR count). The van der Waals surface area contributed by atoms with Gasteiger partial charge in [-0.25, -0.2) is 8.42 Å². The summed E-state index contributed by atoms with van der Waals surface area (Å²) in [6, 6.07) is 22.2. The van der Waals surface area contributed by atoms with Gasteiger partial charge in [0, 0.05) is 37.3 Å². The number of carboxylic acids is 1. The number of likely N-dealkylation sites (N-methyl/N-ethyl adjacent to an activating group) is 1. The molecular formula is C30H32N3NaO4S. The number of carbonyl (C=O) groups excluding carboxylic acids is 1. The smallest absolute Gasteiger partial charge is 0.543 e. The number of aromatic carboxylic acids is 1. The van der Waals surface area contributed by atoms with E-state index in [0.717, 1.165) is 16.5 Å². The second kappa shape index (κ2) is 11.2. The Hall–Kier alpha value is -2.46. The van der Waals surface area contributed by atoms with Crippen LogP contribution in [0.3, 0.4) is 0 Å². The monoisotopic (exact) mass is 553 g/mol. The summed E-state index contributed by atoms with van der Waals surface area (Å²) in [5.41, 5.74) is 4.59. The molecule has 0 N–H and O–H groups in total. The predicted octanol–water partition coefficient (Wildman–Crippen LogP) is 0.899. The molecule has 1 aliphatic heterocycles. The third kappa shape index (κ3) is 5.87. The number of aromatic nitrogens is 1. The van der Waals surface area contributed by atoms with Crippen molar-refractivity contribution in [2.24, 2.45) is 0 Å². The van der Waals surface area contributed by atoms with Gasteiger partial charge in [0.2, 0.25) is 10.0 Å². The van der Waals surface area contributed by atoms with Gasteiger partial charge in [-0.15, -0.1) is 0 Å². The molecule has 0 saturated carbocycles. The van der Waals surface area contributed by atoms with Gasteiger partial charge in [-0.1, -0.05) is 51.1 Å². The van der Waals surface area contributed by atoms with Gasteiger partial charge >= 0.3 is 29.6 Å². The van der Waals surface area contributed by atoms with Crippen LogP contribution in [0, 0.1) is 0 Å². The minimum absolute atomic E-state index is 0. The van der Waals surface area contributed by atoms with E-state index in [9.17, 15) is 18.3 Å². The molecule has 4 aromatic rings. The molecule has 0 amide bonds. The largest absolute Gasteiger partial charge is 1.00 e. The van der Waals surface area contributed by atoms with Crippen LogP contribution in [-0.4, -0.2) is 61.4 Å². The maximum atomic E-state index is 13.1. The van der Waals surface area contributed by atoms with E-state index in [-0.39, 0.29) is 45.6 Å². The number of nitrogens with zero attached hydrogens (tertiary/aromatic N) is 3.